The molecule has 1 atom stereocenters. The van der Waals surface area contributed by atoms with E-state index < -0.39 is 22.9 Å². The van der Waals surface area contributed by atoms with Crippen LogP contribution < -0.4 is 10.6 Å². The zero-order valence-corrected chi connectivity index (χ0v) is 16.4. The van der Waals surface area contributed by atoms with Crippen LogP contribution in [0.4, 0.5) is 11.4 Å². The summed E-state index contributed by atoms with van der Waals surface area (Å²) >= 11 is 6.04. The number of benzene rings is 2. The first kappa shape index (κ1) is 20.6. The molecule has 1 amide bonds. The monoisotopic (exact) mass is 417 g/mol. The van der Waals surface area contributed by atoms with Crippen molar-refractivity contribution in [3.8, 4) is 0 Å². The molecule has 0 bridgehead atoms. The summed E-state index contributed by atoms with van der Waals surface area (Å²) in [5.74, 6) is -1.31. The zero-order valence-electron chi connectivity index (χ0n) is 15.7. The molecule has 0 spiro atoms. The van der Waals surface area contributed by atoms with E-state index in [2.05, 4.69) is 10.6 Å². The van der Waals surface area contributed by atoms with Gasteiger partial charge >= 0.3 is 5.97 Å². The highest BCUT2D eigenvalue weighted by molar-refractivity contribution is 6.31. The molecule has 1 aliphatic rings. The van der Waals surface area contributed by atoms with Gasteiger partial charge in [0.05, 0.1) is 10.5 Å². The van der Waals surface area contributed by atoms with Crippen molar-refractivity contribution in [3.63, 3.8) is 0 Å². The van der Waals surface area contributed by atoms with Crippen LogP contribution in [-0.4, -0.2) is 28.9 Å². The second-order valence-electron chi connectivity index (χ2n) is 6.76. The average Bonchev–Trinajstić information content (AvgIpc) is 3.51. The quantitative estimate of drug-likeness (QED) is 0.385. The van der Waals surface area contributed by atoms with E-state index in [4.69, 9.17) is 16.3 Å². The summed E-state index contributed by atoms with van der Waals surface area (Å²) in [5.41, 5.74) is 0.890. The lowest BCUT2D eigenvalue weighted by atomic mass is 10.1. The fraction of sp³-hybridized carbons (Fsp3) is 0.300. The predicted molar refractivity (Wildman–Crippen MR) is 108 cm³/mol. The molecule has 0 heterocycles. The second kappa shape index (κ2) is 8.91. The van der Waals surface area contributed by atoms with Crippen LogP contribution in [0.15, 0.2) is 42.5 Å². The number of anilines is 1. The molecule has 2 aromatic carbocycles. The molecule has 0 saturated heterocycles. The average molecular weight is 418 g/mol. The standard InChI is InChI=1S/C20H20ClN3O5/c1-12(19(25)22-11-14-4-2-3-5-16(14)21)29-20(26)13-6-9-17(23-15-7-8-15)18(10-13)24(27)28/h2-6,9-10,12,15,23H,7-8,11H2,1H3,(H,22,25). The lowest BCUT2D eigenvalue weighted by Gasteiger charge is -2.14. The minimum atomic E-state index is -1.08. The molecule has 152 valence electrons. The topological polar surface area (TPSA) is 111 Å². The zero-order chi connectivity index (χ0) is 21.0. The number of ether oxygens (including phenoxy) is 1. The highest BCUT2D eigenvalue weighted by atomic mass is 35.5. The van der Waals surface area contributed by atoms with Gasteiger partial charge in [0.1, 0.15) is 5.69 Å². The Morgan fingerprint density at radius 1 is 1.28 bits per heavy atom. The Balaban J connectivity index is 1.61. The number of esters is 1. The van der Waals surface area contributed by atoms with Gasteiger partial charge in [0.25, 0.3) is 11.6 Å². The van der Waals surface area contributed by atoms with Crippen LogP contribution >= 0.6 is 11.6 Å². The SMILES string of the molecule is CC(OC(=O)c1ccc(NC2CC2)c([N+](=O)[O-])c1)C(=O)NCc1ccccc1Cl. The third-order valence-corrected chi connectivity index (χ3v) is 4.80. The largest absolute Gasteiger partial charge is 0.449 e. The number of amides is 1. The van der Waals surface area contributed by atoms with Gasteiger partial charge in [-0.2, -0.15) is 0 Å². The van der Waals surface area contributed by atoms with E-state index in [1.54, 1.807) is 24.3 Å². The van der Waals surface area contributed by atoms with E-state index in [9.17, 15) is 19.7 Å². The van der Waals surface area contributed by atoms with E-state index in [0.717, 1.165) is 24.5 Å². The van der Waals surface area contributed by atoms with Crippen molar-refractivity contribution in [2.75, 3.05) is 5.32 Å². The van der Waals surface area contributed by atoms with Crippen molar-refractivity contribution >= 4 is 34.9 Å². The van der Waals surface area contributed by atoms with Crippen LogP contribution in [0.25, 0.3) is 0 Å². The predicted octanol–water partition coefficient (Wildman–Crippen LogP) is 3.68. The Bertz CT molecular complexity index is 945. The van der Waals surface area contributed by atoms with Crippen LogP contribution in [0.2, 0.25) is 5.02 Å². The summed E-state index contributed by atoms with van der Waals surface area (Å²) in [6.07, 6.45) is 0.845. The molecule has 29 heavy (non-hydrogen) atoms. The first-order valence-corrected chi connectivity index (χ1v) is 9.50. The molecule has 0 radical (unpaired) electrons. The number of carbonyl (C=O) groups excluding carboxylic acids is 2. The van der Waals surface area contributed by atoms with Gasteiger partial charge in [0.2, 0.25) is 0 Å². The summed E-state index contributed by atoms with van der Waals surface area (Å²) in [6.45, 7) is 1.62. The second-order valence-corrected chi connectivity index (χ2v) is 7.17. The number of carbonyl (C=O) groups is 2. The number of halogens is 1. The van der Waals surface area contributed by atoms with Crippen molar-refractivity contribution in [1.29, 1.82) is 0 Å². The third kappa shape index (κ3) is 5.45. The van der Waals surface area contributed by atoms with E-state index in [0.29, 0.717) is 10.7 Å². The molecule has 2 aromatic rings. The van der Waals surface area contributed by atoms with Gasteiger partial charge in [-0.25, -0.2) is 4.79 Å². The van der Waals surface area contributed by atoms with Crippen LogP contribution in [0, 0.1) is 10.1 Å². The minimum Gasteiger partial charge on any atom is -0.449 e. The number of nitrogens with one attached hydrogen (secondary N) is 2. The van der Waals surface area contributed by atoms with E-state index in [-0.39, 0.29) is 23.8 Å². The maximum atomic E-state index is 12.3. The van der Waals surface area contributed by atoms with Crippen LogP contribution in [0.1, 0.15) is 35.7 Å². The van der Waals surface area contributed by atoms with Gasteiger partial charge in [-0.05, 0) is 43.5 Å². The van der Waals surface area contributed by atoms with Crippen LogP contribution in [0.3, 0.4) is 0 Å². The third-order valence-electron chi connectivity index (χ3n) is 4.43. The summed E-state index contributed by atoms with van der Waals surface area (Å²) in [6, 6.07) is 11.4. The summed E-state index contributed by atoms with van der Waals surface area (Å²) < 4.78 is 5.16. The Morgan fingerprint density at radius 3 is 2.66 bits per heavy atom. The van der Waals surface area contributed by atoms with Crippen molar-refractivity contribution < 1.29 is 19.2 Å². The molecule has 3 rings (SSSR count). The van der Waals surface area contributed by atoms with Gasteiger partial charge in [0.15, 0.2) is 6.10 Å². The molecule has 1 fully saturated rings. The summed E-state index contributed by atoms with van der Waals surface area (Å²) in [5, 5.41) is 17.5. The fourth-order valence-electron chi connectivity index (χ4n) is 2.63. The van der Waals surface area contributed by atoms with Gasteiger partial charge < -0.3 is 15.4 Å². The molecule has 9 heteroatoms. The highest BCUT2D eigenvalue weighted by Crippen LogP contribution is 2.31. The number of nitro groups is 1. The Labute approximate surface area is 172 Å². The number of hydrogen-bond acceptors (Lipinski definition) is 6. The normalized spacial score (nSPS) is 14.0. The van der Waals surface area contributed by atoms with Gasteiger partial charge in [-0.3, -0.25) is 14.9 Å². The van der Waals surface area contributed by atoms with Crippen molar-refractivity contribution in [2.45, 2.75) is 38.5 Å². The van der Waals surface area contributed by atoms with Gasteiger partial charge in [-0.1, -0.05) is 29.8 Å². The van der Waals surface area contributed by atoms with Crippen molar-refractivity contribution in [1.82, 2.24) is 5.32 Å². The number of rotatable bonds is 8. The highest BCUT2D eigenvalue weighted by Gasteiger charge is 2.26. The molecular formula is C20H20ClN3O5. The lowest BCUT2D eigenvalue weighted by Crippen LogP contribution is -2.35. The fourth-order valence-corrected chi connectivity index (χ4v) is 2.83. The molecule has 0 aliphatic heterocycles. The molecule has 8 nitrogen and oxygen atoms in total. The Morgan fingerprint density at radius 2 is 2.00 bits per heavy atom. The number of nitrogens with zero attached hydrogens (tertiary/aromatic N) is 1. The van der Waals surface area contributed by atoms with E-state index in [1.807, 2.05) is 0 Å². The number of hydrogen-bond donors (Lipinski definition) is 2. The smallest absolute Gasteiger partial charge is 0.339 e. The van der Waals surface area contributed by atoms with Gasteiger partial charge in [-0.15, -0.1) is 0 Å². The molecule has 1 unspecified atom stereocenters. The molecule has 1 saturated carbocycles. The summed E-state index contributed by atoms with van der Waals surface area (Å²) in [4.78, 5) is 35.3. The van der Waals surface area contributed by atoms with Crippen LogP contribution in [-0.2, 0) is 16.1 Å². The first-order chi connectivity index (χ1) is 13.8. The lowest BCUT2D eigenvalue weighted by molar-refractivity contribution is -0.384. The summed E-state index contributed by atoms with van der Waals surface area (Å²) in [7, 11) is 0. The van der Waals surface area contributed by atoms with Crippen molar-refractivity contribution in [2.24, 2.45) is 0 Å². The maximum absolute atomic E-state index is 12.3. The van der Waals surface area contributed by atoms with E-state index in [1.165, 1.54) is 19.1 Å². The number of nitro benzene ring substituents is 1. The van der Waals surface area contributed by atoms with Gasteiger partial charge in [0, 0.05) is 23.7 Å². The molecule has 0 aromatic heterocycles. The molecular weight excluding hydrogens is 398 g/mol. The Hall–Kier alpha value is -3.13. The maximum Gasteiger partial charge on any atom is 0.339 e. The molecule has 2 N–H and O–H groups in total. The van der Waals surface area contributed by atoms with Crippen LogP contribution in [0.5, 0.6) is 0 Å². The Kier molecular flexibility index (Phi) is 6.33. The first-order valence-electron chi connectivity index (χ1n) is 9.12. The minimum absolute atomic E-state index is 0.00352. The van der Waals surface area contributed by atoms with Crippen molar-refractivity contribution in [3.05, 3.63) is 68.7 Å². The van der Waals surface area contributed by atoms with E-state index >= 15 is 0 Å². The molecule has 1 aliphatic carbocycles.